The maximum atomic E-state index is 11.3. The second-order valence-corrected chi connectivity index (χ2v) is 18.8. The quantitative estimate of drug-likeness (QED) is 0.225. The molecule has 10 nitrogen and oxygen atoms in total. The molecule has 0 aromatic carbocycles. The van der Waals surface area contributed by atoms with E-state index in [0.717, 1.165) is 89.3 Å². The molecule has 3 N–H and O–H groups in total. The van der Waals surface area contributed by atoms with E-state index in [1.165, 1.54) is 97.6 Å². The molecule has 0 amide bonds. The van der Waals surface area contributed by atoms with Gasteiger partial charge < -0.3 is 44.5 Å². The predicted octanol–water partition coefficient (Wildman–Crippen LogP) is 10.3. The maximum Gasteiger partial charge on any atom is 0.391 e. The number of likely N-dealkylation sites (N-methyl/N-ethyl adjacent to an activating group) is 1. The summed E-state index contributed by atoms with van der Waals surface area (Å²) < 4.78 is 44.1. The summed E-state index contributed by atoms with van der Waals surface area (Å²) in [5, 5.41) is 28.1. The summed E-state index contributed by atoms with van der Waals surface area (Å²) in [6, 6.07) is 2.28. The van der Waals surface area contributed by atoms with Crippen molar-refractivity contribution >= 4 is 0 Å². The largest absolute Gasteiger partial charge is 0.396 e. The molecule has 2 aliphatic carbocycles. The number of hydrogen-bond acceptors (Lipinski definition) is 9. The molecule has 6 fully saturated rings. The van der Waals surface area contributed by atoms with Crippen LogP contribution in [0.2, 0.25) is 0 Å². The van der Waals surface area contributed by atoms with Gasteiger partial charge in [-0.15, -0.1) is 0 Å². The Morgan fingerprint density at radius 2 is 1.27 bits per heavy atom. The van der Waals surface area contributed by atoms with Gasteiger partial charge in [-0.05, 0) is 142 Å². The zero-order chi connectivity index (χ0) is 47.9. The van der Waals surface area contributed by atoms with Gasteiger partial charge in [0, 0.05) is 53.1 Å². The number of rotatable bonds is 6. The molecule has 0 radical (unpaired) electrons. The van der Waals surface area contributed by atoms with Gasteiger partial charge in [0.05, 0.1) is 43.8 Å². The van der Waals surface area contributed by atoms with Crippen molar-refractivity contribution < 1.29 is 32.9 Å². The number of piperidine rings is 3. The maximum absolute atomic E-state index is 11.3. The lowest BCUT2D eigenvalue weighted by molar-refractivity contribution is -0.153. The minimum atomic E-state index is -4.23. The van der Waals surface area contributed by atoms with Gasteiger partial charge in [-0.1, -0.05) is 61.3 Å². The van der Waals surface area contributed by atoms with Crippen molar-refractivity contribution in [3.8, 4) is 6.07 Å². The highest BCUT2D eigenvalue weighted by atomic mass is 19.4. The number of nitrogens with zero attached hydrogens (tertiary/aromatic N) is 5. The number of hydrogen-bond donors (Lipinski definition) is 3. The van der Waals surface area contributed by atoms with Crippen LogP contribution in [0.1, 0.15) is 159 Å². The number of methoxy groups -OCH3 is 1. The number of alkyl halides is 3. The van der Waals surface area contributed by atoms with Gasteiger partial charge in [0.15, 0.2) is 0 Å². The van der Waals surface area contributed by atoms with E-state index in [1.54, 1.807) is 7.11 Å². The van der Waals surface area contributed by atoms with Crippen LogP contribution in [0.15, 0.2) is 0 Å². The first-order valence-electron chi connectivity index (χ1n) is 24.2. The van der Waals surface area contributed by atoms with Gasteiger partial charge in [0.1, 0.15) is 0 Å². The third-order valence-electron chi connectivity index (χ3n) is 11.5. The number of halogens is 3. The number of nitrogens with one attached hydrogen (secondary N) is 1. The Kier molecular flexibility index (Phi) is 42.7. The lowest BCUT2D eigenvalue weighted by Gasteiger charge is -2.30. The van der Waals surface area contributed by atoms with E-state index >= 15 is 0 Å². The fraction of sp³-hybridized carbons (Fsp3) is 0.959. The summed E-state index contributed by atoms with van der Waals surface area (Å²) in [4.78, 5) is 10.5. The third kappa shape index (κ3) is 45.0. The molecule has 0 bridgehead atoms. The lowest BCUT2D eigenvalue weighted by Crippen LogP contribution is -2.35. The SMILES string of the molecule is CC1(C#N)CCC1.CC1CCN(C)CC1.CC1CCNCC1.CCC.CCC(O)CC(F)(F)F.CCCO.CN1CCOCC1.COCCN1CCC(C)CC1.[C-]#[N+]C1(C)CC1. The van der Waals surface area contributed by atoms with Gasteiger partial charge in [-0.25, -0.2) is 6.57 Å². The van der Waals surface area contributed by atoms with Crippen LogP contribution in [0.4, 0.5) is 13.2 Å². The number of morpholine rings is 1. The average molecular weight is 893 g/mol. The molecule has 1 unspecified atom stereocenters. The lowest BCUT2D eigenvalue weighted by atomic mass is 9.72. The second-order valence-electron chi connectivity index (χ2n) is 18.8. The van der Waals surface area contributed by atoms with Gasteiger partial charge in [0.2, 0.25) is 5.54 Å². The smallest absolute Gasteiger partial charge is 0.391 e. The highest BCUT2D eigenvalue weighted by Crippen LogP contribution is 2.39. The van der Waals surface area contributed by atoms with Gasteiger partial charge in [0.25, 0.3) is 0 Å². The Morgan fingerprint density at radius 3 is 1.48 bits per heavy atom. The molecule has 4 aliphatic heterocycles. The van der Waals surface area contributed by atoms with Crippen molar-refractivity contribution in [1.29, 1.82) is 5.26 Å². The predicted molar refractivity (Wildman–Crippen MR) is 254 cm³/mol. The van der Waals surface area contributed by atoms with Crippen LogP contribution in [0.25, 0.3) is 4.85 Å². The Morgan fingerprint density at radius 1 is 0.839 bits per heavy atom. The van der Waals surface area contributed by atoms with Crippen molar-refractivity contribution in [1.82, 2.24) is 20.0 Å². The summed E-state index contributed by atoms with van der Waals surface area (Å²) in [6.45, 7) is 39.2. The average Bonchev–Trinajstić information content (AvgIpc) is 4.00. The molecule has 2 saturated carbocycles. The summed E-state index contributed by atoms with van der Waals surface area (Å²) in [7, 11) is 6.08. The summed E-state index contributed by atoms with van der Waals surface area (Å²) >= 11 is 0. The molecule has 62 heavy (non-hydrogen) atoms. The molecular formula is C49H99F3N6O4. The van der Waals surface area contributed by atoms with Crippen LogP contribution in [0.3, 0.4) is 0 Å². The molecular weight excluding hydrogens is 794 g/mol. The fourth-order valence-electron chi connectivity index (χ4n) is 5.79. The fourth-order valence-corrected chi connectivity index (χ4v) is 5.79. The van der Waals surface area contributed by atoms with Gasteiger partial charge >= 0.3 is 6.18 Å². The van der Waals surface area contributed by atoms with Crippen molar-refractivity contribution in [3.05, 3.63) is 11.4 Å². The van der Waals surface area contributed by atoms with E-state index in [1.807, 2.05) is 20.8 Å². The van der Waals surface area contributed by atoms with Gasteiger partial charge in [-0.2, -0.15) is 18.4 Å². The second kappa shape index (κ2) is 40.9. The van der Waals surface area contributed by atoms with Gasteiger partial charge in [-0.3, -0.25) is 0 Å². The third-order valence-corrected chi connectivity index (χ3v) is 11.5. The number of nitriles is 1. The first-order valence-corrected chi connectivity index (χ1v) is 24.2. The molecule has 4 saturated heterocycles. The normalized spacial score (nSPS) is 21.4. The van der Waals surface area contributed by atoms with E-state index in [9.17, 15) is 13.2 Å². The molecule has 6 rings (SSSR count). The van der Waals surface area contributed by atoms with Crippen LogP contribution < -0.4 is 5.32 Å². The Bertz CT molecular complexity index is 1010. The molecule has 0 aromatic rings. The summed E-state index contributed by atoms with van der Waals surface area (Å²) in [5.74, 6) is 2.89. The zero-order valence-corrected chi connectivity index (χ0v) is 42.2. The topological polar surface area (TPSA) is 109 Å². The molecule has 13 heteroatoms. The first kappa shape index (κ1) is 64.7. The highest BCUT2D eigenvalue weighted by Gasteiger charge is 2.44. The van der Waals surface area contributed by atoms with Crippen LogP contribution in [0, 0.1) is 41.1 Å². The molecule has 4 heterocycles. The zero-order valence-electron chi connectivity index (χ0n) is 42.2. The Hall–Kier alpha value is -1.55. The number of aliphatic hydroxyl groups excluding tert-OH is 2. The number of aliphatic hydroxyl groups is 2. The van der Waals surface area contributed by atoms with E-state index in [-0.39, 0.29) is 17.4 Å². The van der Waals surface area contributed by atoms with Crippen molar-refractivity contribution in [2.45, 2.75) is 176 Å². The van der Waals surface area contributed by atoms with Crippen LogP contribution in [-0.2, 0) is 9.47 Å². The van der Waals surface area contributed by atoms with E-state index in [0.29, 0.717) is 6.61 Å². The Balaban J connectivity index is -0.000000643. The first-order chi connectivity index (χ1) is 29.2. The van der Waals surface area contributed by atoms with Crippen LogP contribution in [-0.4, -0.2) is 149 Å². The molecule has 0 aromatic heterocycles. The monoisotopic (exact) mass is 893 g/mol. The standard InChI is InChI=1S/C9H19NO.C7H15N.C6H13N.C6H9N.C5H9F3O.C5H11NO.C5H7N.C3H8O.C3H8/c1-9-3-5-10(6-4-9)7-8-11-2;1-7-3-5-8(2)6-4-7;1-6-2-4-7-5-3-6;1-6(5-7)3-2-4-6;1-2-4(9)3-5(6,7)8;1-6-2-4-7-5-3-6;1-5(6-2)3-4-5;1-2-3-4;1-3-2/h9H,3-8H2,1-2H3;7H,3-6H2,1-2H3;6-7H,2-5H2,1H3;2-4H2,1H3;4,9H,2-3H2,1H3;2-5H2,1H3;3-4H2,1H3;4H,2-3H2,1H3;3H2,1-2H3. The summed E-state index contributed by atoms with van der Waals surface area (Å²) in [6.07, 6.45) is 9.73. The van der Waals surface area contributed by atoms with E-state index < -0.39 is 18.7 Å². The van der Waals surface area contributed by atoms with Crippen molar-refractivity contribution in [3.63, 3.8) is 0 Å². The van der Waals surface area contributed by atoms with E-state index in [2.05, 4.69) is 79.6 Å². The summed E-state index contributed by atoms with van der Waals surface area (Å²) in [5.41, 5.74) is 0.153. The minimum absolute atomic E-state index is 0.0694. The van der Waals surface area contributed by atoms with Crippen molar-refractivity contribution in [2.75, 3.05) is 107 Å². The molecule has 370 valence electrons. The Labute approximate surface area is 380 Å². The number of likely N-dealkylation sites (tertiary alicyclic amines) is 2. The number of ether oxygens (including phenoxy) is 2. The van der Waals surface area contributed by atoms with E-state index in [4.69, 9.17) is 31.5 Å². The molecule has 1 atom stereocenters. The molecule has 6 aliphatic rings. The minimum Gasteiger partial charge on any atom is -0.396 e. The van der Waals surface area contributed by atoms with Crippen molar-refractivity contribution in [2.24, 2.45) is 23.2 Å². The highest BCUT2D eigenvalue weighted by molar-refractivity contribution is 5.07. The molecule has 0 spiro atoms. The van der Waals surface area contributed by atoms with Crippen LogP contribution in [0.5, 0.6) is 0 Å². The van der Waals surface area contributed by atoms with Crippen LogP contribution >= 0.6 is 0 Å².